The molecule has 0 fully saturated rings. The van der Waals surface area contributed by atoms with E-state index in [1.807, 2.05) is 35.1 Å². The maximum atomic E-state index is 6.20. The summed E-state index contributed by atoms with van der Waals surface area (Å²) in [5, 5.41) is 5.93. The number of halogens is 2. The summed E-state index contributed by atoms with van der Waals surface area (Å²) in [5.41, 5.74) is 1.96. The van der Waals surface area contributed by atoms with E-state index in [-0.39, 0.29) is 0 Å². The van der Waals surface area contributed by atoms with Crippen LogP contribution in [0.4, 0.5) is 0 Å². The fraction of sp³-hybridized carbons (Fsp3) is 0.438. The van der Waals surface area contributed by atoms with E-state index >= 15 is 0 Å². The van der Waals surface area contributed by atoms with Crippen molar-refractivity contribution < 1.29 is 4.74 Å². The number of hydrogen-bond acceptors (Lipinski definition) is 2. The van der Waals surface area contributed by atoms with E-state index in [4.69, 9.17) is 16.3 Å². The summed E-state index contributed by atoms with van der Waals surface area (Å²) in [5.74, 6) is 0.730. The van der Waals surface area contributed by atoms with Gasteiger partial charge in [0.1, 0.15) is 12.4 Å². The van der Waals surface area contributed by atoms with Crippen molar-refractivity contribution in [2.75, 3.05) is 0 Å². The van der Waals surface area contributed by atoms with Gasteiger partial charge >= 0.3 is 0 Å². The van der Waals surface area contributed by atoms with Gasteiger partial charge in [-0.3, -0.25) is 4.68 Å². The van der Waals surface area contributed by atoms with E-state index in [0.717, 1.165) is 29.8 Å². The molecule has 0 atom stereocenters. The van der Waals surface area contributed by atoms with Crippen LogP contribution in [0.1, 0.15) is 44.0 Å². The SMILES string of the molecule is CCC(CC)n1ccc(COc2c(Cl)cccc2CBr)n1. The molecule has 5 heteroatoms. The molecule has 2 aromatic rings. The van der Waals surface area contributed by atoms with Crippen LogP contribution in [0.15, 0.2) is 30.5 Å². The van der Waals surface area contributed by atoms with E-state index in [9.17, 15) is 0 Å². The fourth-order valence-electron chi connectivity index (χ4n) is 2.29. The molecule has 114 valence electrons. The molecule has 1 aromatic heterocycles. The molecule has 0 unspecified atom stereocenters. The van der Waals surface area contributed by atoms with Crippen LogP contribution in [-0.4, -0.2) is 9.78 Å². The molecule has 0 aliphatic rings. The molecular weight excluding hydrogens is 352 g/mol. The zero-order valence-corrected chi connectivity index (χ0v) is 14.7. The summed E-state index contributed by atoms with van der Waals surface area (Å²) >= 11 is 9.66. The minimum Gasteiger partial charge on any atom is -0.485 e. The fourth-order valence-corrected chi connectivity index (χ4v) is 2.98. The second kappa shape index (κ2) is 7.85. The smallest absolute Gasteiger partial charge is 0.142 e. The zero-order chi connectivity index (χ0) is 15.2. The maximum absolute atomic E-state index is 6.20. The van der Waals surface area contributed by atoms with Crippen LogP contribution in [0.3, 0.4) is 0 Å². The van der Waals surface area contributed by atoms with E-state index in [2.05, 4.69) is 34.9 Å². The van der Waals surface area contributed by atoms with Crippen molar-refractivity contribution >= 4 is 27.5 Å². The van der Waals surface area contributed by atoms with Crippen LogP contribution in [0.5, 0.6) is 5.75 Å². The molecule has 1 aromatic carbocycles. The molecule has 0 aliphatic heterocycles. The summed E-state index contributed by atoms with van der Waals surface area (Å²) in [6.07, 6.45) is 4.18. The Labute approximate surface area is 139 Å². The molecule has 0 amide bonds. The number of aromatic nitrogens is 2. The minimum absolute atomic E-state index is 0.427. The molecule has 0 N–H and O–H groups in total. The number of ether oxygens (including phenoxy) is 1. The third kappa shape index (κ3) is 4.01. The molecule has 1 heterocycles. The van der Waals surface area contributed by atoms with E-state index in [1.165, 1.54) is 0 Å². The first-order valence-corrected chi connectivity index (χ1v) is 8.69. The third-order valence-electron chi connectivity index (χ3n) is 3.54. The molecule has 0 saturated carbocycles. The van der Waals surface area contributed by atoms with Gasteiger partial charge in [0.2, 0.25) is 0 Å². The number of alkyl halides is 1. The Morgan fingerprint density at radius 1 is 1.29 bits per heavy atom. The van der Waals surface area contributed by atoms with Gasteiger partial charge in [-0.25, -0.2) is 0 Å². The van der Waals surface area contributed by atoms with Crippen molar-refractivity contribution in [3.8, 4) is 5.75 Å². The van der Waals surface area contributed by atoms with Gasteiger partial charge in [-0.2, -0.15) is 5.10 Å². The number of nitrogens with zero attached hydrogens (tertiary/aromatic N) is 2. The molecule has 21 heavy (non-hydrogen) atoms. The van der Waals surface area contributed by atoms with Crippen molar-refractivity contribution in [2.45, 2.75) is 44.7 Å². The first-order valence-electron chi connectivity index (χ1n) is 7.19. The van der Waals surface area contributed by atoms with Gasteiger partial charge in [0.25, 0.3) is 0 Å². The molecular formula is C16H20BrClN2O. The average Bonchev–Trinajstić information content (AvgIpc) is 2.96. The van der Waals surface area contributed by atoms with Gasteiger partial charge in [0.15, 0.2) is 0 Å². The van der Waals surface area contributed by atoms with E-state index in [1.54, 1.807) is 0 Å². The third-order valence-corrected chi connectivity index (χ3v) is 4.44. The lowest BCUT2D eigenvalue weighted by Crippen LogP contribution is -2.08. The summed E-state index contributed by atoms with van der Waals surface area (Å²) in [7, 11) is 0. The highest BCUT2D eigenvalue weighted by atomic mass is 79.9. The molecule has 0 radical (unpaired) electrons. The Kier molecular flexibility index (Phi) is 6.12. The van der Waals surface area contributed by atoms with Crippen molar-refractivity contribution in [2.24, 2.45) is 0 Å². The highest BCUT2D eigenvalue weighted by molar-refractivity contribution is 9.08. The lowest BCUT2D eigenvalue weighted by atomic mass is 10.2. The molecule has 0 bridgehead atoms. The van der Waals surface area contributed by atoms with Crippen LogP contribution in [0.2, 0.25) is 5.02 Å². The van der Waals surface area contributed by atoms with Crippen LogP contribution in [0.25, 0.3) is 0 Å². The molecule has 0 aliphatic carbocycles. The maximum Gasteiger partial charge on any atom is 0.142 e. The minimum atomic E-state index is 0.427. The molecule has 3 nitrogen and oxygen atoms in total. The summed E-state index contributed by atoms with van der Waals surface area (Å²) in [6.45, 7) is 4.78. The number of benzene rings is 1. The van der Waals surface area contributed by atoms with Gasteiger partial charge in [0.05, 0.1) is 16.8 Å². The monoisotopic (exact) mass is 370 g/mol. The van der Waals surface area contributed by atoms with Crippen LogP contribution in [-0.2, 0) is 11.9 Å². The average molecular weight is 372 g/mol. The first kappa shape index (κ1) is 16.4. The van der Waals surface area contributed by atoms with Crippen molar-refractivity contribution in [3.63, 3.8) is 0 Å². The van der Waals surface area contributed by atoms with Gasteiger partial charge in [-0.1, -0.05) is 53.5 Å². The van der Waals surface area contributed by atoms with Crippen LogP contribution >= 0.6 is 27.5 Å². The van der Waals surface area contributed by atoms with Crippen molar-refractivity contribution in [1.82, 2.24) is 9.78 Å². The number of hydrogen-bond donors (Lipinski definition) is 0. The predicted molar refractivity (Wildman–Crippen MR) is 90.3 cm³/mol. The van der Waals surface area contributed by atoms with Crippen molar-refractivity contribution in [1.29, 1.82) is 0 Å². The standard InChI is InChI=1S/C16H20BrClN2O/c1-3-14(4-2)20-9-8-13(19-20)11-21-16-12(10-17)6-5-7-15(16)18/h5-9,14H,3-4,10-11H2,1-2H3. The summed E-state index contributed by atoms with van der Waals surface area (Å²) in [4.78, 5) is 0. The highest BCUT2D eigenvalue weighted by Crippen LogP contribution is 2.30. The normalized spacial score (nSPS) is 11.1. The summed E-state index contributed by atoms with van der Waals surface area (Å²) in [6, 6.07) is 8.22. The van der Waals surface area contributed by atoms with Crippen molar-refractivity contribution in [3.05, 3.63) is 46.7 Å². The first-order chi connectivity index (χ1) is 10.2. The highest BCUT2D eigenvalue weighted by Gasteiger charge is 2.11. The Balaban J connectivity index is 2.07. The van der Waals surface area contributed by atoms with Crippen LogP contribution in [0, 0.1) is 0 Å². The number of rotatable bonds is 7. The Morgan fingerprint density at radius 2 is 2.05 bits per heavy atom. The molecule has 0 saturated heterocycles. The lowest BCUT2D eigenvalue weighted by molar-refractivity contribution is 0.295. The summed E-state index contributed by atoms with van der Waals surface area (Å²) < 4.78 is 7.89. The Morgan fingerprint density at radius 3 is 2.71 bits per heavy atom. The Hall–Kier alpha value is -1.000. The number of para-hydroxylation sites is 1. The zero-order valence-electron chi connectivity index (χ0n) is 12.4. The van der Waals surface area contributed by atoms with E-state index < -0.39 is 0 Å². The topological polar surface area (TPSA) is 27.1 Å². The second-order valence-corrected chi connectivity index (χ2v) is 5.88. The van der Waals surface area contributed by atoms with Gasteiger partial charge in [-0.15, -0.1) is 0 Å². The largest absolute Gasteiger partial charge is 0.485 e. The molecule has 2 rings (SSSR count). The van der Waals surface area contributed by atoms with Gasteiger partial charge < -0.3 is 4.74 Å². The van der Waals surface area contributed by atoms with Crippen LogP contribution < -0.4 is 4.74 Å². The lowest BCUT2D eigenvalue weighted by Gasteiger charge is -2.13. The quantitative estimate of drug-likeness (QED) is 0.612. The predicted octanol–water partition coefficient (Wildman–Crippen LogP) is 5.37. The molecule has 0 spiro atoms. The van der Waals surface area contributed by atoms with Gasteiger partial charge in [0, 0.05) is 17.1 Å². The second-order valence-electron chi connectivity index (χ2n) is 4.91. The van der Waals surface area contributed by atoms with Gasteiger partial charge in [-0.05, 0) is 25.0 Å². The Bertz CT molecular complexity index is 581. The van der Waals surface area contributed by atoms with E-state index in [0.29, 0.717) is 23.0 Å².